The number of amides is 2. The minimum atomic E-state index is -0.334. The number of hydrogen-bond donors (Lipinski definition) is 2. The van der Waals surface area contributed by atoms with Crippen molar-refractivity contribution in [3.05, 3.63) is 57.3 Å². The van der Waals surface area contributed by atoms with Gasteiger partial charge in [0.15, 0.2) is 5.16 Å². The summed E-state index contributed by atoms with van der Waals surface area (Å²) in [6.07, 6.45) is 1.07. The smallest absolute Gasteiger partial charge is 0.255 e. The lowest BCUT2D eigenvalue weighted by Crippen LogP contribution is -2.43. The van der Waals surface area contributed by atoms with Crippen LogP contribution in [-0.4, -0.2) is 39.8 Å². The standard InChI is InChI=1S/C20H23FN4O3S/c1-12-16(10-17(26)25-8-6-14(7-9-25)18(22)27)19(28)24-20(23-12)29-11-13-2-4-15(21)5-3-13/h2-5,14H,6-11H2,1H3,(H2,22,27)(H,23,24,28). The van der Waals surface area contributed by atoms with Crippen molar-refractivity contribution in [2.75, 3.05) is 13.1 Å². The maximum absolute atomic E-state index is 13.0. The number of benzene rings is 1. The maximum atomic E-state index is 13.0. The third-order valence-electron chi connectivity index (χ3n) is 5.07. The van der Waals surface area contributed by atoms with Crippen molar-refractivity contribution in [3.8, 4) is 0 Å². The Morgan fingerprint density at radius 2 is 1.93 bits per heavy atom. The quantitative estimate of drug-likeness (QED) is 0.549. The molecule has 2 amide bonds. The molecule has 1 aromatic heterocycles. The van der Waals surface area contributed by atoms with E-state index in [2.05, 4.69) is 9.97 Å². The molecule has 2 aromatic rings. The molecule has 3 N–H and O–H groups in total. The van der Waals surface area contributed by atoms with Gasteiger partial charge in [-0.1, -0.05) is 23.9 Å². The predicted molar refractivity (Wildman–Crippen MR) is 108 cm³/mol. The molecule has 0 atom stereocenters. The molecule has 1 aliphatic heterocycles. The van der Waals surface area contributed by atoms with Gasteiger partial charge in [0.05, 0.1) is 6.42 Å². The number of rotatable bonds is 6. The third-order valence-corrected chi connectivity index (χ3v) is 6.01. The minimum absolute atomic E-state index is 0.0295. The number of thioether (sulfide) groups is 1. The Labute approximate surface area is 171 Å². The highest BCUT2D eigenvalue weighted by atomic mass is 32.2. The Kier molecular flexibility index (Phi) is 6.68. The number of aryl methyl sites for hydroxylation is 1. The summed E-state index contributed by atoms with van der Waals surface area (Å²) in [4.78, 5) is 45.1. The molecule has 0 saturated carbocycles. The summed E-state index contributed by atoms with van der Waals surface area (Å²) in [5.41, 5.74) is 6.75. The van der Waals surface area contributed by atoms with Gasteiger partial charge in [-0.3, -0.25) is 14.4 Å². The van der Waals surface area contributed by atoms with E-state index in [0.29, 0.717) is 48.1 Å². The summed E-state index contributed by atoms with van der Waals surface area (Å²) in [5, 5.41) is 0.454. The number of hydrogen-bond acceptors (Lipinski definition) is 5. The van der Waals surface area contributed by atoms with Crippen molar-refractivity contribution < 1.29 is 14.0 Å². The van der Waals surface area contributed by atoms with Crippen molar-refractivity contribution in [1.82, 2.24) is 14.9 Å². The van der Waals surface area contributed by atoms with Crippen LogP contribution in [0.3, 0.4) is 0 Å². The maximum Gasteiger partial charge on any atom is 0.255 e. The molecule has 1 saturated heterocycles. The molecule has 1 fully saturated rings. The number of nitrogens with one attached hydrogen (secondary N) is 1. The number of nitrogens with two attached hydrogens (primary N) is 1. The average molecular weight is 418 g/mol. The molecule has 29 heavy (non-hydrogen) atoms. The van der Waals surface area contributed by atoms with Gasteiger partial charge in [0.2, 0.25) is 11.8 Å². The second-order valence-corrected chi connectivity index (χ2v) is 8.05. The van der Waals surface area contributed by atoms with E-state index < -0.39 is 0 Å². The highest BCUT2D eigenvalue weighted by Gasteiger charge is 2.26. The zero-order valence-electron chi connectivity index (χ0n) is 16.1. The lowest BCUT2D eigenvalue weighted by molar-refractivity contribution is -0.134. The zero-order valence-corrected chi connectivity index (χ0v) is 16.9. The first-order valence-electron chi connectivity index (χ1n) is 9.37. The molecule has 1 aliphatic rings. The molecule has 2 heterocycles. The topological polar surface area (TPSA) is 109 Å². The van der Waals surface area contributed by atoms with Crippen LogP contribution in [0.4, 0.5) is 4.39 Å². The van der Waals surface area contributed by atoms with E-state index in [4.69, 9.17) is 5.73 Å². The van der Waals surface area contributed by atoms with Crippen molar-refractivity contribution >= 4 is 23.6 Å². The van der Waals surface area contributed by atoms with E-state index in [9.17, 15) is 18.8 Å². The molecular weight excluding hydrogens is 395 g/mol. The highest BCUT2D eigenvalue weighted by Crippen LogP contribution is 2.20. The lowest BCUT2D eigenvalue weighted by Gasteiger charge is -2.30. The van der Waals surface area contributed by atoms with E-state index in [-0.39, 0.29) is 35.5 Å². The normalized spacial score (nSPS) is 14.8. The predicted octanol–water partition coefficient (Wildman–Crippen LogP) is 1.78. The van der Waals surface area contributed by atoms with Gasteiger partial charge in [-0.05, 0) is 37.5 Å². The van der Waals surface area contributed by atoms with Crippen LogP contribution in [0.1, 0.15) is 29.7 Å². The van der Waals surface area contributed by atoms with Crippen LogP contribution in [-0.2, 0) is 21.8 Å². The molecule has 9 heteroatoms. The van der Waals surface area contributed by atoms with Crippen molar-refractivity contribution in [3.63, 3.8) is 0 Å². The van der Waals surface area contributed by atoms with Gasteiger partial charge in [-0.25, -0.2) is 9.37 Å². The Balaban J connectivity index is 1.62. The minimum Gasteiger partial charge on any atom is -0.369 e. The number of carbonyl (C=O) groups excluding carboxylic acids is 2. The van der Waals surface area contributed by atoms with E-state index in [1.165, 1.54) is 23.9 Å². The Morgan fingerprint density at radius 3 is 2.52 bits per heavy atom. The van der Waals surface area contributed by atoms with Crippen LogP contribution < -0.4 is 11.3 Å². The molecule has 154 valence electrons. The Bertz CT molecular complexity index is 953. The molecule has 3 rings (SSSR count). The number of aromatic amines is 1. The summed E-state index contributed by atoms with van der Waals surface area (Å²) in [7, 11) is 0. The average Bonchev–Trinajstić information content (AvgIpc) is 2.70. The van der Waals surface area contributed by atoms with Crippen LogP contribution in [0.25, 0.3) is 0 Å². The molecule has 0 aliphatic carbocycles. The number of piperidine rings is 1. The summed E-state index contributed by atoms with van der Waals surface area (Å²) in [6, 6.07) is 6.14. The largest absolute Gasteiger partial charge is 0.369 e. The highest BCUT2D eigenvalue weighted by molar-refractivity contribution is 7.98. The van der Waals surface area contributed by atoms with E-state index in [1.807, 2.05) is 0 Å². The fraction of sp³-hybridized carbons (Fsp3) is 0.400. The fourth-order valence-corrected chi connectivity index (χ4v) is 4.13. The van der Waals surface area contributed by atoms with Gasteiger partial charge in [0.25, 0.3) is 5.56 Å². The van der Waals surface area contributed by atoms with Crippen LogP contribution in [0.15, 0.2) is 34.2 Å². The molecular formula is C20H23FN4O3S. The molecule has 0 bridgehead atoms. The molecule has 7 nitrogen and oxygen atoms in total. The lowest BCUT2D eigenvalue weighted by atomic mass is 9.96. The van der Waals surface area contributed by atoms with Crippen molar-refractivity contribution in [1.29, 1.82) is 0 Å². The van der Waals surface area contributed by atoms with Crippen LogP contribution >= 0.6 is 11.8 Å². The fourth-order valence-electron chi connectivity index (χ4n) is 3.27. The van der Waals surface area contributed by atoms with Gasteiger partial charge in [-0.15, -0.1) is 0 Å². The molecule has 0 radical (unpaired) electrons. The molecule has 1 aromatic carbocycles. The van der Waals surface area contributed by atoms with E-state index in [1.54, 1.807) is 24.0 Å². The number of primary amides is 1. The van der Waals surface area contributed by atoms with Gasteiger partial charge < -0.3 is 15.6 Å². The number of likely N-dealkylation sites (tertiary alicyclic amines) is 1. The first kappa shape index (κ1) is 21.0. The second-order valence-electron chi connectivity index (χ2n) is 7.08. The Hall–Kier alpha value is -2.68. The number of halogens is 1. The molecule has 0 spiro atoms. The van der Waals surface area contributed by atoms with Crippen molar-refractivity contribution in [2.24, 2.45) is 11.7 Å². The van der Waals surface area contributed by atoms with Crippen LogP contribution in [0.5, 0.6) is 0 Å². The van der Waals surface area contributed by atoms with Gasteiger partial charge in [0.1, 0.15) is 5.82 Å². The number of H-pyrrole nitrogens is 1. The summed E-state index contributed by atoms with van der Waals surface area (Å²) < 4.78 is 13.0. The van der Waals surface area contributed by atoms with Crippen LogP contribution in [0, 0.1) is 18.7 Å². The monoisotopic (exact) mass is 418 g/mol. The Morgan fingerprint density at radius 1 is 1.28 bits per heavy atom. The second kappa shape index (κ2) is 9.21. The molecule has 0 unspecified atom stereocenters. The van der Waals surface area contributed by atoms with E-state index >= 15 is 0 Å². The summed E-state index contributed by atoms with van der Waals surface area (Å²) in [5.74, 6) is -0.440. The van der Waals surface area contributed by atoms with Crippen molar-refractivity contribution in [2.45, 2.75) is 37.1 Å². The van der Waals surface area contributed by atoms with E-state index in [0.717, 1.165) is 5.56 Å². The van der Waals surface area contributed by atoms with Gasteiger partial charge in [-0.2, -0.15) is 0 Å². The van der Waals surface area contributed by atoms with Crippen LogP contribution in [0.2, 0.25) is 0 Å². The number of nitrogens with zero attached hydrogens (tertiary/aromatic N) is 2. The first-order valence-corrected chi connectivity index (χ1v) is 10.4. The first-order chi connectivity index (χ1) is 13.8. The van der Waals surface area contributed by atoms with Gasteiger partial charge in [0, 0.05) is 36.0 Å². The van der Waals surface area contributed by atoms with Gasteiger partial charge >= 0.3 is 0 Å². The SMILES string of the molecule is Cc1nc(SCc2ccc(F)cc2)[nH]c(=O)c1CC(=O)N1CCC(C(N)=O)CC1. The summed E-state index contributed by atoms with van der Waals surface area (Å²) in [6.45, 7) is 2.63. The number of carbonyl (C=O) groups is 2. The zero-order chi connectivity index (χ0) is 21.0. The third kappa shape index (κ3) is 5.44. The summed E-state index contributed by atoms with van der Waals surface area (Å²) >= 11 is 1.34. The number of aromatic nitrogens is 2.